The highest BCUT2D eigenvalue weighted by atomic mass is 16.6. The van der Waals surface area contributed by atoms with Gasteiger partial charge in [-0.3, -0.25) is 10.1 Å². The second-order valence-corrected chi connectivity index (χ2v) is 3.43. The van der Waals surface area contributed by atoms with E-state index in [0.29, 0.717) is 12.4 Å². The number of aryl methyl sites for hydroxylation is 1. The summed E-state index contributed by atoms with van der Waals surface area (Å²) in [4.78, 5) is 10.3. The van der Waals surface area contributed by atoms with Gasteiger partial charge in [-0.2, -0.15) is 0 Å². The fourth-order valence-corrected chi connectivity index (χ4v) is 1.22. The molecule has 4 nitrogen and oxygen atoms in total. The minimum absolute atomic E-state index is 0.0473. The number of nitrogens with zero attached hydrogens (tertiary/aromatic N) is 1. The molecule has 0 amide bonds. The van der Waals surface area contributed by atoms with Crippen LogP contribution >= 0.6 is 0 Å². The highest BCUT2D eigenvalue weighted by Crippen LogP contribution is 2.27. The third-order valence-corrected chi connectivity index (χ3v) is 2.07. The van der Waals surface area contributed by atoms with Gasteiger partial charge in [0.1, 0.15) is 0 Å². The van der Waals surface area contributed by atoms with Crippen molar-refractivity contribution in [3.05, 3.63) is 33.9 Å². The summed E-state index contributed by atoms with van der Waals surface area (Å²) in [6.45, 7) is 4.40. The van der Waals surface area contributed by atoms with Crippen LogP contribution in [0.2, 0.25) is 0 Å². The summed E-state index contributed by atoms with van der Waals surface area (Å²) >= 11 is 0. The maximum absolute atomic E-state index is 10.7. The van der Waals surface area contributed by atoms with Crippen molar-refractivity contribution in [2.24, 2.45) is 0 Å². The van der Waals surface area contributed by atoms with Crippen molar-refractivity contribution in [1.82, 2.24) is 0 Å². The Kier molecular flexibility index (Phi) is 4.09. The van der Waals surface area contributed by atoms with E-state index in [1.54, 1.807) is 6.07 Å². The van der Waals surface area contributed by atoms with Crippen molar-refractivity contribution >= 4 is 5.69 Å². The minimum atomic E-state index is -0.408. The third kappa shape index (κ3) is 3.23. The predicted molar refractivity (Wildman–Crippen MR) is 58.2 cm³/mol. The summed E-state index contributed by atoms with van der Waals surface area (Å²) in [7, 11) is 0. The number of ether oxygens (including phenoxy) is 1. The van der Waals surface area contributed by atoms with Gasteiger partial charge in [0, 0.05) is 6.07 Å². The van der Waals surface area contributed by atoms with Crippen LogP contribution in [0, 0.1) is 17.0 Å². The van der Waals surface area contributed by atoms with Crippen LogP contribution in [0.3, 0.4) is 0 Å². The molecule has 4 heteroatoms. The topological polar surface area (TPSA) is 52.4 Å². The molecule has 0 N–H and O–H groups in total. The van der Waals surface area contributed by atoms with Crippen LogP contribution in [0.4, 0.5) is 5.69 Å². The molecule has 0 atom stereocenters. The van der Waals surface area contributed by atoms with Crippen molar-refractivity contribution in [1.29, 1.82) is 0 Å². The van der Waals surface area contributed by atoms with Crippen molar-refractivity contribution in [2.75, 3.05) is 6.61 Å². The minimum Gasteiger partial charge on any atom is -0.487 e. The Morgan fingerprint density at radius 1 is 1.47 bits per heavy atom. The third-order valence-electron chi connectivity index (χ3n) is 2.07. The van der Waals surface area contributed by atoms with Gasteiger partial charge in [0.2, 0.25) is 0 Å². The Bertz CT molecular complexity index is 350. The molecule has 15 heavy (non-hydrogen) atoms. The first-order valence-corrected chi connectivity index (χ1v) is 5.03. The number of benzene rings is 1. The molecule has 0 saturated heterocycles. The Hall–Kier alpha value is -1.58. The zero-order valence-electron chi connectivity index (χ0n) is 9.03. The fourth-order valence-electron chi connectivity index (χ4n) is 1.22. The second kappa shape index (κ2) is 5.34. The monoisotopic (exact) mass is 209 g/mol. The standard InChI is InChI=1S/C11H15NO3/c1-3-4-7-15-11-6-5-9(2)8-10(11)12(13)14/h5-6,8H,3-4,7H2,1-2H3. The SMILES string of the molecule is CCCCOc1ccc(C)cc1[N+](=O)[O-]. The first-order valence-electron chi connectivity index (χ1n) is 5.03. The van der Waals surface area contributed by atoms with Gasteiger partial charge in [-0.25, -0.2) is 0 Å². The van der Waals surface area contributed by atoms with Crippen LogP contribution in [0.5, 0.6) is 5.75 Å². The lowest BCUT2D eigenvalue weighted by molar-refractivity contribution is -0.385. The van der Waals surface area contributed by atoms with E-state index in [0.717, 1.165) is 18.4 Å². The zero-order valence-corrected chi connectivity index (χ0v) is 9.03. The van der Waals surface area contributed by atoms with Crippen LogP contribution in [0.1, 0.15) is 25.3 Å². The molecule has 0 heterocycles. The molecular formula is C11H15NO3. The second-order valence-electron chi connectivity index (χ2n) is 3.43. The molecule has 0 bridgehead atoms. The van der Waals surface area contributed by atoms with Gasteiger partial charge in [-0.15, -0.1) is 0 Å². The maximum atomic E-state index is 10.7. The Morgan fingerprint density at radius 3 is 2.80 bits per heavy atom. The van der Waals surface area contributed by atoms with Gasteiger partial charge in [0.15, 0.2) is 5.75 Å². The normalized spacial score (nSPS) is 10.0. The highest BCUT2D eigenvalue weighted by Gasteiger charge is 2.14. The average molecular weight is 209 g/mol. The van der Waals surface area contributed by atoms with Gasteiger partial charge in [0.25, 0.3) is 0 Å². The summed E-state index contributed by atoms with van der Waals surface area (Å²) in [6.07, 6.45) is 1.92. The largest absolute Gasteiger partial charge is 0.487 e. The molecule has 82 valence electrons. The molecule has 0 aliphatic rings. The summed E-state index contributed by atoms with van der Waals surface area (Å²) in [5.74, 6) is 0.360. The predicted octanol–water partition coefficient (Wildman–Crippen LogP) is 3.08. The van der Waals surface area contributed by atoms with E-state index in [9.17, 15) is 10.1 Å². The van der Waals surface area contributed by atoms with Crippen molar-refractivity contribution < 1.29 is 9.66 Å². The smallest absolute Gasteiger partial charge is 0.311 e. The summed E-state index contributed by atoms with van der Waals surface area (Å²) in [6, 6.07) is 5.00. The molecule has 0 fully saturated rings. The molecule has 1 rings (SSSR count). The Labute approximate surface area is 89.0 Å². The van der Waals surface area contributed by atoms with Crippen LogP contribution in [0.15, 0.2) is 18.2 Å². The van der Waals surface area contributed by atoms with Crippen LogP contribution < -0.4 is 4.74 Å². The van der Waals surface area contributed by atoms with Crippen LogP contribution in [-0.2, 0) is 0 Å². The highest BCUT2D eigenvalue weighted by molar-refractivity contribution is 5.48. The van der Waals surface area contributed by atoms with Crippen molar-refractivity contribution in [3.63, 3.8) is 0 Å². The fraction of sp³-hybridized carbons (Fsp3) is 0.455. The summed E-state index contributed by atoms with van der Waals surface area (Å²) in [5.41, 5.74) is 0.913. The van der Waals surface area contributed by atoms with E-state index in [1.807, 2.05) is 19.9 Å². The molecule has 0 aliphatic heterocycles. The molecule has 0 aliphatic carbocycles. The molecule has 0 spiro atoms. The molecule has 0 unspecified atom stereocenters. The molecule has 0 aromatic heterocycles. The first kappa shape index (κ1) is 11.5. The quantitative estimate of drug-likeness (QED) is 0.425. The molecule has 1 aromatic rings. The van der Waals surface area contributed by atoms with Crippen LogP contribution in [-0.4, -0.2) is 11.5 Å². The molecule has 1 aromatic carbocycles. The van der Waals surface area contributed by atoms with E-state index in [4.69, 9.17) is 4.74 Å². The van der Waals surface area contributed by atoms with E-state index < -0.39 is 4.92 Å². The maximum Gasteiger partial charge on any atom is 0.311 e. The lowest BCUT2D eigenvalue weighted by Crippen LogP contribution is -2.00. The van der Waals surface area contributed by atoms with E-state index in [-0.39, 0.29) is 5.69 Å². The van der Waals surface area contributed by atoms with Crippen LogP contribution in [0.25, 0.3) is 0 Å². The number of hydrogen-bond donors (Lipinski definition) is 0. The number of nitro benzene ring substituents is 1. The number of nitro groups is 1. The summed E-state index contributed by atoms with van der Waals surface area (Å²) in [5, 5.41) is 10.7. The number of hydrogen-bond acceptors (Lipinski definition) is 3. The molecule has 0 saturated carbocycles. The zero-order chi connectivity index (χ0) is 11.3. The Morgan fingerprint density at radius 2 is 2.20 bits per heavy atom. The Balaban J connectivity index is 2.81. The van der Waals surface area contributed by atoms with Gasteiger partial charge in [-0.05, 0) is 25.0 Å². The lowest BCUT2D eigenvalue weighted by Gasteiger charge is -2.06. The average Bonchev–Trinajstić information content (AvgIpc) is 2.20. The van der Waals surface area contributed by atoms with Crippen molar-refractivity contribution in [3.8, 4) is 5.75 Å². The molecular weight excluding hydrogens is 194 g/mol. The van der Waals surface area contributed by atoms with E-state index in [2.05, 4.69) is 0 Å². The van der Waals surface area contributed by atoms with Gasteiger partial charge >= 0.3 is 5.69 Å². The van der Waals surface area contributed by atoms with Gasteiger partial charge < -0.3 is 4.74 Å². The van der Waals surface area contributed by atoms with Crippen molar-refractivity contribution in [2.45, 2.75) is 26.7 Å². The van der Waals surface area contributed by atoms with Gasteiger partial charge in [-0.1, -0.05) is 19.4 Å². The van der Waals surface area contributed by atoms with E-state index >= 15 is 0 Å². The number of unbranched alkanes of at least 4 members (excludes halogenated alkanes) is 1. The first-order chi connectivity index (χ1) is 7.15. The lowest BCUT2D eigenvalue weighted by atomic mass is 10.2. The number of rotatable bonds is 5. The van der Waals surface area contributed by atoms with Gasteiger partial charge in [0.05, 0.1) is 11.5 Å². The molecule has 0 radical (unpaired) electrons. The summed E-state index contributed by atoms with van der Waals surface area (Å²) < 4.78 is 5.35. The van der Waals surface area contributed by atoms with E-state index in [1.165, 1.54) is 6.07 Å².